The number of rotatable bonds is 36. The highest BCUT2D eigenvalue weighted by Gasteiger charge is 2.27. The fourth-order valence-electron chi connectivity index (χ4n) is 5.14. The van der Waals surface area contributed by atoms with Crippen molar-refractivity contribution in [1.29, 1.82) is 0 Å². The van der Waals surface area contributed by atoms with E-state index in [-0.39, 0.29) is 19.4 Å². The van der Waals surface area contributed by atoms with E-state index >= 15 is 0 Å². The van der Waals surface area contributed by atoms with Crippen LogP contribution in [0.15, 0.2) is 12.2 Å². The Hall–Kier alpha value is -1.29. The van der Waals surface area contributed by atoms with Crippen molar-refractivity contribution in [3.63, 3.8) is 0 Å². The van der Waals surface area contributed by atoms with Crippen molar-refractivity contribution < 1.29 is 47.8 Å². The maximum Gasteiger partial charge on any atom is 0.472 e. The minimum Gasteiger partial charge on any atom is -0.462 e. The fourth-order valence-corrected chi connectivity index (χ4v) is 5.93. The topological polar surface area (TPSA) is 149 Å². The zero-order valence-corrected chi connectivity index (χ0v) is 31.4. The fraction of sp³-hybridized carbons (Fsp3) is 0.892. The lowest BCUT2D eigenvalue weighted by molar-refractivity contribution is -0.161. The van der Waals surface area contributed by atoms with Crippen LogP contribution in [0.1, 0.15) is 174 Å². The Balaban J connectivity index is 3.92. The summed E-state index contributed by atoms with van der Waals surface area (Å²) in [5, 5.41) is 18.1. The lowest BCUT2D eigenvalue weighted by Crippen LogP contribution is -2.29. The largest absolute Gasteiger partial charge is 0.472 e. The van der Waals surface area contributed by atoms with Crippen molar-refractivity contribution in [1.82, 2.24) is 0 Å². The molecule has 0 saturated carbocycles. The summed E-state index contributed by atoms with van der Waals surface area (Å²) in [5.74, 6) is -0.962. The molecule has 284 valence electrons. The number of aliphatic hydroxyl groups is 2. The van der Waals surface area contributed by atoms with E-state index < -0.39 is 51.8 Å². The average molecular weight is 707 g/mol. The Labute approximate surface area is 292 Å². The summed E-state index contributed by atoms with van der Waals surface area (Å²) in [6, 6.07) is 0. The molecule has 0 spiro atoms. The number of phosphoric acid groups is 1. The van der Waals surface area contributed by atoms with Gasteiger partial charge in [-0.05, 0) is 38.5 Å². The predicted octanol–water partition coefficient (Wildman–Crippen LogP) is 9.28. The minimum absolute atomic E-state index is 0.185. The molecule has 3 unspecified atom stereocenters. The molecular formula is C37H71O10P. The first-order chi connectivity index (χ1) is 23.2. The van der Waals surface area contributed by atoms with E-state index in [2.05, 4.69) is 23.6 Å². The molecule has 0 aromatic heterocycles. The number of ether oxygens (including phenoxy) is 2. The van der Waals surface area contributed by atoms with Crippen LogP contribution in [0.3, 0.4) is 0 Å². The molecule has 0 aliphatic carbocycles. The molecule has 11 heteroatoms. The van der Waals surface area contributed by atoms with Crippen LogP contribution in [-0.2, 0) is 32.7 Å². The van der Waals surface area contributed by atoms with Gasteiger partial charge in [-0.15, -0.1) is 0 Å². The monoisotopic (exact) mass is 706 g/mol. The van der Waals surface area contributed by atoms with Crippen LogP contribution in [0, 0.1) is 0 Å². The third-order valence-corrected chi connectivity index (χ3v) is 9.12. The summed E-state index contributed by atoms with van der Waals surface area (Å²) in [6.07, 6.45) is 30.4. The minimum atomic E-state index is -4.59. The second-order valence-corrected chi connectivity index (χ2v) is 14.4. The van der Waals surface area contributed by atoms with Crippen LogP contribution in [0.4, 0.5) is 0 Å². The van der Waals surface area contributed by atoms with Crippen LogP contribution in [0.5, 0.6) is 0 Å². The summed E-state index contributed by atoms with van der Waals surface area (Å²) in [4.78, 5) is 34.1. The molecule has 0 aromatic carbocycles. The second kappa shape index (κ2) is 34.2. The van der Waals surface area contributed by atoms with Gasteiger partial charge in [0.25, 0.3) is 0 Å². The number of esters is 2. The van der Waals surface area contributed by atoms with Gasteiger partial charge in [0.1, 0.15) is 12.7 Å². The first kappa shape index (κ1) is 46.7. The summed E-state index contributed by atoms with van der Waals surface area (Å²) in [5.41, 5.74) is 0. The first-order valence-electron chi connectivity index (χ1n) is 19.1. The van der Waals surface area contributed by atoms with Crippen molar-refractivity contribution in [3.05, 3.63) is 12.2 Å². The SMILES string of the molecule is CCCCCCCCCC/C=C\CCCCCCCCCCCCCC(=O)OC(COC(=O)CCCC)COP(=O)(O)OCC(O)CO. The smallest absolute Gasteiger partial charge is 0.462 e. The number of hydrogen-bond acceptors (Lipinski definition) is 9. The van der Waals surface area contributed by atoms with E-state index in [4.69, 9.17) is 19.1 Å². The third kappa shape index (κ3) is 33.2. The average Bonchev–Trinajstić information content (AvgIpc) is 3.07. The van der Waals surface area contributed by atoms with Crippen molar-refractivity contribution >= 4 is 19.8 Å². The molecule has 3 atom stereocenters. The molecule has 0 radical (unpaired) electrons. The quantitative estimate of drug-likeness (QED) is 0.0249. The lowest BCUT2D eigenvalue weighted by atomic mass is 10.0. The number of carbonyl (C=O) groups excluding carboxylic acids is 2. The number of hydrogen-bond donors (Lipinski definition) is 3. The van der Waals surface area contributed by atoms with Gasteiger partial charge in [-0.25, -0.2) is 4.57 Å². The number of carbonyl (C=O) groups is 2. The molecule has 0 bridgehead atoms. The highest BCUT2D eigenvalue weighted by molar-refractivity contribution is 7.47. The van der Waals surface area contributed by atoms with E-state index in [0.717, 1.165) is 25.7 Å². The van der Waals surface area contributed by atoms with E-state index in [1.165, 1.54) is 109 Å². The van der Waals surface area contributed by atoms with Crippen molar-refractivity contribution in [3.8, 4) is 0 Å². The number of unbranched alkanes of at least 4 members (excludes halogenated alkanes) is 20. The highest BCUT2D eigenvalue weighted by Crippen LogP contribution is 2.43. The molecular weight excluding hydrogens is 635 g/mol. The highest BCUT2D eigenvalue weighted by atomic mass is 31.2. The van der Waals surface area contributed by atoms with Gasteiger partial charge in [0, 0.05) is 12.8 Å². The van der Waals surface area contributed by atoms with E-state index in [1.54, 1.807) is 0 Å². The van der Waals surface area contributed by atoms with Gasteiger partial charge in [0.15, 0.2) is 6.10 Å². The Morgan fingerprint density at radius 3 is 1.54 bits per heavy atom. The zero-order chi connectivity index (χ0) is 35.6. The van der Waals surface area contributed by atoms with E-state index in [9.17, 15) is 24.2 Å². The normalized spacial score (nSPS) is 14.2. The van der Waals surface area contributed by atoms with Gasteiger partial charge in [0.05, 0.1) is 19.8 Å². The van der Waals surface area contributed by atoms with Gasteiger partial charge in [-0.2, -0.15) is 0 Å². The van der Waals surface area contributed by atoms with Gasteiger partial charge in [-0.1, -0.05) is 135 Å². The second-order valence-electron chi connectivity index (χ2n) is 13.0. The number of aliphatic hydroxyl groups excluding tert-OH is 2. The van der Waals surface area contributed by atoms with Crippen LogP contribution in [0.25, 0.3) is 0 Å². The van der Waals surface area contributed by atoms with Crippen molar-refractivity contribution in [2.45, 2.75) is 187 Å². The molecule has 0 aromatic rings. The summed E-state index contributed by atoms with van der Waals surface area (Å²) in [6.45, 7) is 2.10. The predicted molar refractivity (Wildman–Crippen MR) is 192 cm³/mol. The summed E-state index contributed by atoms with van der Waals surface area (Å²) < 4.78 is 32.1. The van der Waals surface area contributed by atoms with Gasteiger partial charge < -0.3 is 24.6 Å². The molecule has 0 heterocycles. The molecule has 0 aliphatic heterocycles. The molecule has 0 aliphatic rings. The lowest BCUT2D eigenvalue weighted by Gasteiger charge is -2.20. The van der Waals surface area contributed by atoms with E-state index in [0.29, 0.717) is 12.8 Å². The van der Waals surface area contributed by atoms with Crippen LogP contribution < -0.4 is 0 Å². The maximum atomic E-state index is 12.4. The maximum absolute atomic E-state index is 12.4. The molecule has 0 saturated heterocycles. The molecule has 3 N–H and O–H groups in total. The zero-order valence-electron chi connectivity index (χ0n) is 30.5. The molecule has 0 fully saturated rings. The van der Waals surface area contributed by atoms with Crippen molar-refractivity contribution in [2.75, 3.05) is 26.4 Å². The standard InChI is InChI=1S/C37H71O10P/c1-3-5-7-8-9-10-11-12-13-14-15-16-17-18-19-20-21-22-23-24-25-26-27-29-37(41)47-35(32-44-36(40)28-6-4-2)33-46-48(42,43)45-31-34(39)30-38/h14-15,34-35,38-39H,3-13,16-33H2,1-2H3,(H,42,43)/b15-14-. The number of allylic oxidation sites excluding steroid dienone is 2. The van der Waals surface area contributed by atoms with Gasteiger partial charge in [0.2, 0.25) is 0 Å². The third-order valence-electron chi connectivity index (χ3n) is 8.17. The summed E-state index contributed by atoms with van der Waals surface area (Å²) in [7, 11) is -4.59. The first-order valence-corrected chi connectivity index (χ1v) is 20.6. The van der Waals surface area contributed by atoms with Crippen LogP contribution >= 0.6 is 7.82 Å². The van der Waals surface area contributed by atoms with E-state index in [1.807, 2.05) is 6.92 Å². The summed E-state index contributed by atoms with van der Waals surface area (Å²) >= 11 is 0. The molecule has 0 amide bonds. The van der Waals surface area contributed by atoms with Gasteiger partial charge >= 0.3 is 19.8 Å². The van der Waals surface area contributed by atoms with Crippen molar-refractivity contribution in [2.24, 2.45) is 0 Å². The Morgan fingerprint density at radius 1 is 0.604 bits per heavy atom. The van der Waals surface area contributed by atoms with Gasteiger partial charge in [-0.3, -0.25) is 18.6 Å². The number of phosphoric ester groups is 1. The molecule has 10 nitrogen and oxygen atoms in total. The Bertz CT molecular complexity index is 822. The van der Waals surface area contributed by atoms with Crippen LogP contribution in [0.2, 0.25) is 0 Å². The molecule has 0 rings (SSSR count). The Kier molecular flexibility index (Phi) is 33.3. The van der Waals surface area contributed by atoms with Crippen LogP contribution in [-0.4, -0.2) is 65.7 Å². The Morgan fingerprint density at radius 2 is 1.04 bits per heavy atom. The molecule has 48 heavy (non-hydrogen) atoms.